The molecule has 28 heavy (non-hydrogen) atoms. The second-order valence-electron chi connectivity index (χ2n) is 6.58. The molecule has 4 heteroatoms. The Labute approximate surface area is 164 Å². The highest BCUT2D eigenvalue weighted by molar-refractivity contribution is 5.89. The van der Waals surface area contributed by atoms with Gasteiger partial charge < -0.3 is 9.84 Å². The van der Waals surface area contributed by atoms with Crippen molar-refractivity contribution in [1.82, 2.24) is 0 Å². The molecule has 0 aliphatic rings. The number of carbonyl (C=O) groups is 1. The van der Waals surface area contributed by atoms with E-state index < -0.39 is 5.97 Å². The van der Waals surface area contributed by atoms with Crippen molar-refractivity contribution in [3.8, 4) is 22.9 Å². The maximum absolute atomic E-state index is 11.2. The Morgan fingerprint density at radius 1 is 1.07 bits per heavy atom. The van der Waals surface area contributed by atoms with Crippen LogP contribution in [0.3, 0.4) is 0 Å². The molecule has 3 rings (SSSR count). The standard InChI is InChI=1S/C24H21NO3/c1-3-19-6-4-5-7-21(19)22-13-17(14-25)9-11-23(22)28-15-18-8-10-20(24(26)27)16(2)12-18/h4-13H,3,15H2,1-2H3,(H,26,27). The number of aryl methyl sites for hydroxylation is 2. The van der Waals surface area contributed by atoms with E-state index in [2.05, 4.69) is 19.1 Å². The number of nitriles is 1. The number of rotatable bonds is 6. The van der Waals surface area contributed by atoms with E-state index in [1.54, 1.807) is 25.1 Å². The van der Waals surface area contributed by atoms with Crippen LogP contribution < -0.4 is 4.74 Å². The fourth-order valence-electron chi connectivity index (χ4n) is 3.24. The summed E-state index contributed by atoms with van der Waals surface area (Å²) in [5, 5.41) is 18.5. The summed E-state index contributed by atoms with van der Waals surface area (Å²) in [6, 6.07) is 20.9. The highest BCUT2D eigenvalue weighted by atomic mass is 16.5. The first-order valence-electron chi connectivity index (χ1n) is 9.11. The maximum Gasteiger partial charge on any atom is 0.335 e. The molecule has 0 heterocycles. The molecule has 0 aliphatic carbocycles. The molecule has 0 bridgehead atoms. The van der Waals surface area contributed by atoms with Crippen molar-refractivity contribution >= 4 is 5.97 Å². The summed E-state index contributed by atoms with van der Waals surface area (Å²) in [5.74, 6) is -0.240. The van der Waals surface area contributed by atoms with Gasteiger partial charge in [-0.2, -0.15) is 5.26 Å². The van der Waals surface area contributed by atoms with Gasteiger partial charge >= 0.3 is 5.97 Å². The molecule has 0 aromatic heterocycles. The summed E-state index contributed by atoms with van der Waals surface area (Å²) in [5.41, 5.74) is 5.58. The van der Waals surface area contributed by atoms with Crippen molar-refractivity contribution in [3.05, 3.63) is 88.5 Å². The van der Waals surface area contributed by atoms with E-state index in [1.807, 2.05) is 36.4 Å². The van der Waals surface area contributed by atoms with Crippen LogP contribution in [0.1, 0.15) is 39.5 Å². The van der Waals surface area contributed by atoms with E-state index in [-0.39, 0.29) is 0 Å². The van der Waals surface area contributed by atoms with Gasteiger partial charge in [0.25, 0.3) is 0 Å². The summed E-state index contributed by atoms with van der Waals surface area (Å²) in [4.78, 5) is 11.2. The van der Waals surface area contributed by atoms with Crippen LogP contribution in [0.25, 0.3) is 11.1 Å². The molecule has 0 saturated carbocycles. The van der Waals surface area contributed by atoms with Crippen LogP contribution in [0.15, 0.2) is 60.7 Å². The normalized spacial score (nSPS) is 10.3. The average Bonchev–Trinajstić information content (AvgIpc) is 2.71. The topological polar surface area (TPSA) is 70.3 Å². The molecule has 140 valence electrons. The van der Waals surface area contributed by atoms with E-state index in [0.717, 1.165) is 23.1 Å². The zero-order valence-corrected chi connectivity index (χ0v) is 15.9. The van der Waals surface area contributed by atoms with Crippen molar-refractivity contribution in [3.63, 3.8) is 0 Å². The number of hydrogen-bond donors (Lipinski definition) is 1. The number of hydrogen-bond acceptors (Lipinski definition) is 3. The molecular formula is C24H21NO3. The van der Waals surface area contributed by atoms with E-state index in [4.69, 9.17) is 9.84 Å². The van der Waals surface area contributed by atoms with Crippen LogP contribution in [0.5, 0.6) is 5.75 Å². The van der Waals surface area contributed by atoms with Gasteiger partial charge in [-0.1, -0.05) is 43.3 Å². The Hall–Kier alpha value is -3.58. The predicted octanol–water partition coefficient (Wildman–Crippen LogP) is 5.37. The van der Waals surface area contributed by atoms with Gasteiger partial charge in [0.15, 0.2) is 0 Å². The predicted molar refractivity (Wildman–Crippen MR) is 108 cm³/mol. The highest BCUT2D eigenvalue weighted by Crippen LogP contribution is 2.34. The molecule has 0 atom stereocenters. The molecule has 0 radical (unpaired) electrons. The van der Waals surface area contributed by atoms with Crippen LogP contribution >= 0.6 is 0 Å². The van der Waals surface area contributed by atoms with Crippen molar-refractivity contribution in [2.24, 2.45) is 0 Å². The molecule has 0 amide bonds. The molecule has 0 spiro atoms. The summed E-state index contributed by atoms with van der Waals surface area (Å²) in [6.07, 6.45) is 0.877. The lowest BCUT2D eigenvalue weighted by Gasteiger charge is -2.15. The van der Waals surface area contributed by atoms with Crippen LogP contribution in [0.2, 0.25) is 0 Å². The summed E-state index contributed by atoms with van der Waals surface area (Å²) in [7, 11) is 0. The average molecular weight is 371 g/mol. The van der Waals surface area contributed by atoms with Gasteiger partial charge in [0.2, 0.25) is 0 Å². The lowest BCUT2D eigenvalue weighted by Crippen LogP contribution is -2.03. The maximum atomic E-state index is 11.2. The molecule has 3 aromatic carbocycles. The lowest BCUT2D eigenvalue weighted by atomic mass is 9.96. The van der Waals surface area contributed by atoms with Crippen LogP contribution in [0, 0.1) is 18.3 Å². The van der Waals surface area contributed by atoms with E-state index in [9.17, 15) is 10.1 Å². The second kappa shape index (κ2) is 8.41. The highest BCUT2D eigenvalue weighted by Gasteiger charge is 2.12. The number of nitrogens with zero attached hydrogens (tertiary/aromatic N) is 1. The van der Waals surface area contributed by atoms with Crippen LogP contribution in [-0.4, -0.2) is 11.1 Å². The Morgan fingerprint density at radius 3 is 2.54 bits per heavy atom. The van der Waals surface area contributed by atoms with Crippen molar-refractivity contribution < 1.29 is 14.6 Å². The Morgan fingerprint density at radius 2 is 1.86 bits per heavy atom. The van der Waals surface area contributed by atoms with Gasteiger partial charge in [-0.05, 0) is 59.9 Å². The third kappa shape index (κ3) is 4.05. The first-order chi connectivity index (χ1) is 13.5. The summed E-state index contributed by atoms with van der Waals surface area (Å²) in [6.45, 7) is 4.19. The first-order valence-corrected chi connectivity index (χ1v) is 9.11. The number of benzene rings is 3. The molecule has 1 N–H and O–H groups in total. The molecule has 0 fully saturated rings. The second-order valence-corrected chi connectivity index (χ2v) is 6.58. The van der Waals surface area contributed by atoms with Crippen molar-refractivity contribution in [1.29, 1.82) is 5.26 Å². The number of carboxylic acid groups (broad SMARTS) is 1. The lowest BCUT2D eigenvalue weighted by molar-refractivity contribution is 0.0696. The SMILES string of the molecule is CCc1ccccc1-c1cc(C#N)ccc1OCc1ccc(C(=O)O)c(C)c1. The first kappa shape index (κ1) is 19.2. The zero-order chi connectivity index (χ0) is 20.1. The Bertz CT molecular complexity index is 1060. The number of carboxylic acids is 1. The minimum Gasteiger partial charge on any atom is -0.488 e. The number of aromatic carboxylic acids is 1. The summed E-state index contributed by atoms with van der Waals surface area (Å²) >= 11 is 0. The third-order valence-corrected chi connectivity index (χ3v) is 4.71. The van der Waals surface area contributed by atoms with E-state index in [0.29, 0.717) is 29.0 Å². The molecule has 0 unspecified atom stereocenters. The Kier molecular flexibility index (Phi) is 5.76. The summed E-state index contributed by atoms with van der Waals surface area (Å²) < 4.78 is 6.08. The van der Waals surface area contributed by atoms with Gasteiger partial charge in [0.05, 0.1) is 17.2 Å². The van der Waals surface area contributed by atoms with Crippen LogP contribution in [0.4, 0.5) is 0 Å². The van der Waals surface area contributed by atoms with Gasteiger partial charge in [0, 0.05) is 5.56 Å². The Balaban J connectivity index is 1.94. The fraction of sp³-hybridized carbons (Fsp3) is 0.167. The van der Waals surface area contributed by atoms with Crippen LogP contribution in [-0.2, 0) is 13.0 Å². The number of ether oxygens (including phenoxy) is 1. The van der Waals surface area contributed by atoms with E-state index in [1.165, 1.54) is 5.56 Å². The fourth-order valence-corrected chi connectivity index (χ4v) is 3.24. The zero-order valence-electron chi connectivity index (χ0n) is 15.9. The van der Waals surface area contributed by atoms with Gasteiger partial charge in [-0.3, -0.25) is 0 Å². The van der Waals surface area contributed by atoms with Crippen molar-refractivity contribution in [2.45, 2.75) is 26.9 Å². The largest absolute Gasteiger partial charge is 0.488 e. The van der Waals surface area contributed by atoms with Gasteiger partial charge in [-0.15, -0.1) is 0 Å². The molecule has 4 nitrogen and oxygen atoms in total. The minimum absolute atomic E-state index is 0.291. The quantitative estimate of drug-likeness (QED) is 0.632. The smallest absolute Gasteiger partial charge is 0.335 e. The van der Waals surface area contributed by atoms with Gasteiger partial charge in [0.1, 0.15) is 12.4 Å². The van der Waals surface area contributed by atoms with Gasteiger partial charge in [-0.25, -0.2) is 4.79 Å². The molecule has 0 aliphatic heterocycles. The minimum atomic E-state index is -0.935. The molecule has 3 aromatic rings. The monoisotopic (exact) mass is 371 g/mol. The molecular weight excluding hydrogens is 350 g/mol. The molecule has 0 saturated heterocycles. The van der Waals surface area contributed by atoms with Crippen molar-refractivity contribution in [2.75, 3.05) is 0 Å². The third-order valence-electron chi connectivity index (χ3n) is 4.71. The van der Waals surface area contributed by atoms with E-state index >= 15 is 0 Å².